The summed E-state index contributed by atoms with van der Waals surface area (Å²) in [5.41, 5.74) is 3.88. The number of hydrogen-bond acceptors (Lipinski definition) is 6. The maximum absolute atomic E-state index is 13.2. The average Bonchev–Trinajstić information content (AvgIpc) is 3.21. The van der Waals surface area contributed by atoms with E-state index in [2.05, 4.69) is 15.3 Å². The number of hydrogen-bond donors (Lipinski definition) is 1. The Bertz CT molecular complexity index is 1560. The van der Waals surface area contributed by atoms with Crippen LogP contribution in [0.15, 0.2) is 71.8 Å². The van der Waals surface area contributed by atoms with Gasteiger partial charge in [0.05, 0.1) is 18.5 Å². The first kappa shape index (κ1) is 21.8. The van der Waals surface area contributed by atoms with Crippen LogP contribution in [0.1, 0.15) is 12.6 Å². The van der Waals surface area contributed by atoms with Gasteiger partial charge in [-0.1, -0.05) is 30.3 Å². The molecule has 0 aliphatic carbocycles. The molecule has 34 heavy (non-hydrogen) atoms. The van der Waals surface area contributed by atoms with Crippen molar-refractivity contribution in [3.8, 4) is 16.9 Å². The Labute approximate surface area is 199 Å². The number of aryl methyl sites for hydroxylation is 1. The van der Waals surface area contributed by atoms with Gasteiger partial charge in [-0.3, -0.25) is 14.2 Å². The van der Waals surface area contributed by atoms with Crippen LogP contribution in [0.2, 0.25) is 0 Å². The zero-order valence-corrected chi connectivity index (χ0v) is 19.6. The lowest BCUT2D eigenvalue weighted by atomic mass is 10.0. The number of anilines is 1. The zero-order chi connectivity index (χ0) is 23.7. The second kappa shape index (κ2) is 9.07. The first-order valence-electron chi connectivity index (χ1n) is 10.9. The summed E-state index contributed by atoms with van der Waals surface area (Å²) in [5, 5.41) is 3.67. The van der Waals surface area contributed by atoms with Crippen molar-refractivity contribution in [1.29, 1.82) is 0 Å². The first-order chi connectivity index (χ1) is 16.5. The van der Waals surface area contributed by atoms with Crippen molar-refractivity contribution in [3.05, 3.63) is 83.0 Å². The Morgan fingerprint density at radius 3 is 2.62 bits per heavy atom. The van der Waals surface area contributed by atoms with E-state index in [0.29, 0.717) is 22.5 Å². The monoisotopic (exact) mass is 470 g/mol. The van der Waals surface area contributed by atoms with Crippen LogP contribution < -0.4 is 15.6 Å². The molecule has 1 amide bonds. The van der Waals surface area contributed by atoms with E-state index in [-0.39, 0.29) is 18.0 Å². The molecule has 0 spiro atoms. The Morgan fingerprint density at radius 2 is 1.88 bits per heavy atom. The van der Waals surface area contributed by atoms with Crippen LogP contribution in [0.4, 0.5) is 5.69 Å². The highest BCUT2D eigenvalue weighted by molar-refractivity contribution is 7.25. The third-order valence-electron chi connectivity index (χ3n) is 5.39. The highest BCUT2D eigenvalue weighted by atomic mass is 32.1. The topological polar surface area (TPSA) is 86.1 Å². The van der Waals surface area contributed by atoms with Gasteiger partial charge in [-0.15, -0.1) is 11.3 Å². The van der Waals surface area contributed by atoms with Gasteiger partial charge in [-0.25, -0.2) is 9.97 Å². The van der Waals surface area contributed by atoms with Crippen LogP contribution in [0.5, 0.6) is 5.75 Å². The molecule has 2 aromatic carbocycles. The lowest BCUT2D eigenvalue weighted by molar-refractivity contribution is -0.116. The van der Waals surface area contributed by atoms with E-state index < -0.39 is 0 Å². The molecular formula is C26H22N4O3S. The number of pyridine rings is 1. The summed E-state index contributed by atoms with van der Waals surface area (Å²) in [6.45, 7) is 4.28. The van der Waals surface area contributed by atoms with Crippen molar-refractivity contribution in [2.45, 2.75) is 20.4 Å². The SMILES string of the molecule is CCOc1ccc(NC(=O)Cn2cnc3c(sc4nc(C)cc(-c5ccccc5)c43)c2=O)cc1. The summed E-state index contributed by atoms with van der Waals surface area (Å²) in [6.07, 6.45) is 1.43. The first-order valence-corrected chi connectivity index (χ1v) is 11.7. The molecule has 3 heterocycles. The fourth-order valence-corrected chi connectivity index (χ4v) is 5.05. The minimum Gasteiger partial charge on any atom is -0.494 e. The van der Waals surface area contributed by atoms with E-state index in [1.54, 1.807) is 24.3 Å². The number of aromatic nitrogens is 3. The second-order valence-electron chi connectivity index (χ2n) is 7.82. The predicted octanol–water partition coefficient (Wildman–Crippen LogP) is 5.02. The van der Waals surface area contributed by atoms with E-state index in [9.17, 15) is 9.59 Å². The van der Waals surface area contributed by atoms with Gasteiger partial charge >= 0.3 is 0 Å². The molecule has 5 rings (SSSR count). The van der Waals surface area contributed by atoms with Crippen molar-refractivity contribution in [3.63, 3.8) is 0 Å². The quantitative estimate of drug-likeness (QED) is 0.377. The van der Waals surface area contributed by atoms with Gasteiger partial charge in [0, 0.05) is 16.8 Å². The van der Waals surface area contributed by atoms with Crippen LogP contribution in [-0.2, 0) is 11.3 Å². The molecule has 0 atom stereocenters. The summed E-state index contributed by atoms with van der Waals surface area (Å²) in [4.78, 5) is 35.8. The number of carbonyl (C=O) groups is 1. The number of nitrogens with one attached hydrogen (secondary N) is 1. The van der Waals surface area contributed by atoms with Crippen LogP contribution >= 0.6 is 11.3 Å². The van der Waals surface area contributed by atoms with E-state index in [1.807, 2.05) is 50.2 Å². The number of ether oxygens (including phenoxy) is 1. The fourth-order valence-electron chi connectivity index (χ4n) is 3.90. The van der Waals surface area contributed by atoms with Crippen molar-refractivity contribution < 1.29 is 9.53 Å². The average molecular weight is 471 g/mol. The third kappa shape index (κ3) is 4.15. The highest BCUT2D eigenvalue weighted by Crippen LogP contribution is 2.37. The molecule has 170 valence electrons. The molecule has 0 fully saturated rings. The van der Waals surface area contributed by atoms with Gasteiger partial charge in [0.2, 0.25) is 5.91 Å². The maximum Gasteiger partial charge on any atom is 0.271 e. The third-order valence-corrected chi connectivity index (χ3v) is 6.45. The molecule has 0 bridgehead atoms. The van der Waals surface area contributed by atoms with Crippen molar-refractivity contribution in [1.82, 2.24) is 14.5 Å². The summed E-state index contributed by atoms with van der Waals surface area (Å²) in [6, 6.07) is 19.1. The minimum atomic E-state index is -0.313. The second-order valence-corrected chi connectivity index (χ2v) is 8.82. The summed E-state index contributed by atoms with van der Waals surface area (Å²) < 4.78 is 7.23. The Kier molecular flexibility index (Phi) is 5.81. The maximum atomic E-state index is 13.2. The van der Waals surface area contributed by atoms with Crippen molar-refractivity contribution >= 4 is 43.4 Å². The van der Waals surface area contributed by atoms with Gasteiger partial charge in [-0.2, -0.15) is 0 Å². The number of nitrogens with zero attached hydrogens (tertiary/aromatic N) is 3. The number of carbonyl (C=O) groups excluding carboxylic acids is 1. The standard InChI is InChI=1S/C26H22N4O3S/c1-3-33-19-11-9-18(10-12-19)29-21(31)14-30-15-27-23-22-20(17-7-5-4-6-8-17)13-16(2)28-25(22)34-24(23)26(30)32/h4-13,15H,3,14H2,1-2H3,(H,29,31). The normalized spacial score (nSPS) is 11.1. The predicted molar refractivity (Wildman–Crippen MR) is 136 cm³/mol. The largest absolute Gasteiger partial charge is 0.494 e. The zero-order valence-electron chi connectivity index (χ0n) is 18.7. The summed E-state index contributed by atoms with van der Waals surface area (Å²) in [7, 11) is 0. The molecule has 7 nitrogen and oxygen atoms in total. The van der Waals surface area contributed by atoms with Crippen LogP contribution in [0.3, 0.4) is 0 Å². The lowest BCUT2D eigenvalue weighted by Crippen LogP contribution is -2.27. The summed E-state index contributed by atoms with van der Waals surface area (Å²) in [5.74, 6) is 0.419. The molecule has 0 aliphatic rings. The molecule has 0 saturated heterocycles. The Balaban J connectivity index is 1.48. The smallest absolute Gasteiger partial charge is 0.271 e. The van der Waals surface area contributed by atoms with E-state index in [4.69, 9.17) is 4.74 Å². The Morgan fingerprint density at radius 1 is 1.12 bits per heavy atom. The lowest BCUT2D eigenvalue weighted by Gasteiger charge is -2.09. The van der Waals surface area contributed by atoms with Crippen LogP contribution in [-0.4, -0.2) is 27.0 Å². The molecular weight excluding hydrogens is 448 g/mol. The molecule has 0 saturated carbocycles. The molecule has 5 aromatic rings. The summed E-state index contributed by atoms with van der Waals surface area (Å²) >= 11 is 1.31. The van der Waals surface area contributed by atoms with Gasteiger partial charge in [0.15, 0.2) is 0 Å². The van der Waals surface area contributed by atoms with E-state index >= 15 is 0 Å². The number of rotatable bonds is 6. The number of amides is 1. The number of benzene rings is 2. The van der Waals surface area contributed by atoms with Crippen LogP contribution in [0, 0.1) is 6.92 Å². The molecule has 0 radical (unpaired) electrons. The Hall–Kier alpha value is -4.04. The molecule has 1 N–H and O–H groups in total. The van der Waals surface area contributed by atoms with Gasteiger partial charge in [-0.05, 0) is 55.3 Å². The number of thiophene rings is 1. The van der Waals surface area contributed by atoms with Crippen molar-refractivity contribution in [2.24, 2.45) is 0 Å². The molecule has 3 aromatic heterocycles. The van der Waals surface area contributed by atoms with Gasteiger partial charge in [0.25, 0.3) is 5.56 Å². The highest BCUT2D eigenvalue weighted by Gasteiger charge is 2.18. The molecule has 8 heteroatoms. The van der Waals surface area contributed by atoms with E-state index in [1.165, 1.54) is 22.2 Å². The van der Waals surface area contributed by atoms with Crippen molar-refractivity contribution in [2.75, 3.05) is 11.9 Å². The molecule has 0 aliphatic heterocycles. The number of fused-ring (bicyclic) bond motifs is 3. The van der Waals surface area contributed by atoms with Crippen LogP contribution in [0.25, 0.3) is 31.6 Å². The van der Waals surface area contributed by atoms with E-state index in [0.717, 1.165) is 32.8 Å². The van der Waals surface area contributed by atoms with Gasteiger partial charge < -0.3 is 10.1 Å². The minimum absolute atomic E-state index is 0.138. The van der Waals surface area contributed by atoms with Gasteiger partial charge in [0.1, 0.15) is 21.8 Å². The molecule has 0 unspecified atom stereocenters. The fraction of sp³-hybridized carbons (Fsp3) is 0.154.